The van der Waals surface area contributed by atoms with E-state index < -0.39 is 17.8 Å². The van der Waals surface area contributed by atoms with Gasteiger partial charge in [-0.1, -0.05) is 38.6 Å². The van der Waals surface area contributed by atoms with Gasteiger partial charge in [0.1, 0.15) is 24.8 Å². The molecule has 0 unspecified atom stereocenters. The molecule has 1 amide bonds. The number of amides is 1. The second-order valence-electron chi connectivity index (χ2n) is 6.20. The Morgan fingerprint density at radius 1 is 1.30 bits per heavy atom. The van der Waals surface area contributed by atoms with E-state index in [0.29, 0.717) is 18.8 Å². The highest BCUT2D eigenvalue weighted by atomic mass is 16.5. The highest BCUT2D eigenvalue weighted by Crippen LogP contribution is 2.19. The van der Waals surface area contributed by atoms with Gasteiger partial charge in [0.2, 0.25) is 5.91 Å². The van der Waals surface area contributed by atoms with Gasteiger partial charge in [-0.2, -0.15) is 0 Å². The summed E-state index contributed by atoms with van der Waals surface area (Å²) in [6.45, 7) is 7.64. The second-order valence-corrected chi connectivity index (χ2v) is 6.20. The van der Waals surface area contributed by atoms with Gasteiger partial charge in [0.05, 0.1) is 12.9 Å². The maximum Gasteiger partial charge on any atom is 0.384 e. The molecule has 0 aliphatic carbocycles. The predicted molar refractivity (Wildman–Crippen MR) is 104 cm³/mol. The first kappa shape index (κ1) is 22.3. The van der Waals surface area contributed by atoms with E-state index in [0.717, 1.165) is 12.0 Å². The van der Waals surface area contributed by atoms with Gasteiger partial charge >= 0.3 is 13.5 Å². The van der Waals surface area contributed by atoms with E-state index in [1.165, 1.54) is 14.6 Å². The fourth-order valence-electron chi connectivity index (χ4n) is 2.35. The Balaban J connectivity index is 2.84. The van der Waals surface area contributed by atoms with Crippen LogP contribution in [0.5, 0.6) is 5.75 Å². The van der Waals surface area contributed by atoms with Gasteiger partial charge in [-0.3, -0.25) is 10.2 Å². The maximum absolute atomic E-state index is 12.7. The van der Waals surface area contributed by atoms with Crippen LogP contribution in [-0.2, 0) is 25.4 Å². The third-order valence-corrected chi connectivity index (χ3v) is 3.81. The van der Waals surface area contributed by atoms with Gasteiger partial charge in [-0.15, -0.1) is 0 Å². The summed E-state index contributed by atoms with van der Waals surface area (Å²) in [6.07, 6.45) is 2.74. The first-order valence-electron chi connectivity index (χ1n) is 8.61. The molecule has 0 bridgehead atoms. The maximum atomic E-state index is 12.7. The third kappa shape index (κ3) is 7.56. The van der Waals surface area contributed by atoms with Gasteiger partial charge in [0, 0.05) is 0 Å². The molecule has 0 aromatic heterocycles. The number of carbonyl (C=O) groups excluding carboxylic acids is 2. The highest BCUT2D eigenvalue weighted by Gasteiger charge is 2.30. The molecular formula is C19H26BN2O5. The summed E-state index contributed by atoms with van der Waals surface area (Å²) in [7, 11) is 2.56. The Morgan fingerprint density at radius 2 is 1.96 bits per heavy atom. The molecule has 1 aromatic carbocycles. The number of carbonyl (C=O) groups is 2. The summed E-state index contributed by atoms with van der Waals surface area (Å²) in [5.74, 6) is -1.00. The number of ether oxygens (including phenoxy) is 2. The summed E-state index contributed by atoms with van der Waals surface area (Å²) in [6, 6.07) is 6.54. The topological polar surface area (TPSA) is 97.7 Å². The van der Waals surface area contributed by atoms with E-state index in [-0.39, 0.29) is 11.8 Å². The molecule has 7 nitrogen and oxygen atoms in total. The molecule has 145 valence electrons. The number of hydrogen-bond acceptors (Lipinski definition) is 6. The van der Waals surface area contributed by atoms with Gasteiger partial charge in [-0.25, -0.2) is 4.79 Å². The Morgan fingerprint density at radius 3 is 2.48 bits per heavy atom. The molecule has 0 spiro atoms. The monoisotopic (exact) mass is 373 g/mol. The SMILES string of the molecule is C=CCOc1ccc(C[C@H]([B]OC=N)C(=O)N[C@H](C(=O)OC)C(C)C)cc1. The smallest absolute Gasteiger partial charge is 0.384 e. The van der Waals surface area contributed by atoms with Crippen LogP contribution in [0, 0.1) is 11.3 Å². The number of benzene rings is 1. The van der Waals surface area contributed by atoms with Crippen LogP contribution in [0.15, 0.2) is 36.9 Å². The van der Waals surface area contributed by atoms with Crippen molar-refractivity contribution in [2.45, 2.75) is 32.1 Å². The molecule has 0 saturated heterocycles. The quantitative estimate of drug-likeness (QED) is 0.192. The van der Waals surface area contributed by atoms with Gasteiger partial charge in [0.15, 0.2) is 0 Å². The lowest BCUT2D eigenvalue weighted by Gasteiger charge is -2.23. The largest absolute Gasteiger partial charge is 0.555 e. The molecule has 27 heavy (non-hydrogen) atoms. The zero-order valence-electron chi connectivity index (χ0n) is 15.9. The molecule has 1 aromatic rings. The fraction of sp³-hybridized carbons (Fsp3) is 0.421. The predicted octanol–water partition coefficient (Wildman–Crippen LogP) is 2.14. The van der Waals surface area contributed by atoms with E-state index in [1.807, 2.05) is 26.0 Å². The molecule has 0 heterocycles. The van der Waals surface area contributed by atoms with Crippen molar-refractivity contribution in [1.29, 1.82) is 5.41 Å². The number of methoxy groups -OCH3 is 1. The minimum absolute atomic E-state index is 0.132. The molecule has 0 fully saturated rings. The highest BCUT2D eigenvalue weighted by molar-refractivity contribution is 6.39. The molecule has 1 rings (SSSR count). The van der Waals surface area contributed by atoms with Crippen molar-refractivity contribution in [2.75, 3.05) is 13.7 Å². The molecule has 2 N–H and O–H groups in total. The van der Waals surface area contributed by atoms with Crippen LogP contribution in [0.25, 0.3) is 0 Å². The van der Waals surface area contributed by atoms with Crippen LogP contribution in [-0.4, -0.2) is 45.5 Å². The van der Waals surface area contributed by atoms with E-state index in [9.17, 15) is 9.59 Å². The number of rotatable bonds is 12. The molecule has 1 radical (unpaired) electrons. The normalized spacial score (nSPS) is 12.4. The molecule has 0 aliphatic heterocycles. The van der Waals surface area contributed by atoms with Crippen LogP contribution >= 0.6 is 0 Å². The Hall–Kier alpha value is -2.77. The first-order valence-corrected chi connectivity index (χ1v) is 8.61. The van der Waals surface area contributed by atoms with E-state index in [1.54, 1.807) is 18.2 Å². The molecular weight excluding hydrogens is 347 g/mol. The van der Waals surface area contributed by atoms with Gasteiger partial charge in [-0.05, 0) is 30.0 Å². The molecule has 0 aliphatic rings. The summed E-state index contributed by atoms with van der Waals surface area (Å²) in [5, 5.41) is 9.71. The molecule has 0 saturated carbocycles. The number of nitrogens with one attached hydrogen (secondary N) is 2. The van der Waals surface area contributed by atoms with Crippen molar-refractivity contribution < 1.29 is 23.7 Å². The lowest BCUT2D eigenvalue weighted by molar-refractivity contribution is -0.146. The number of hydrogen-bond donors (Lipinski definition) is 2. The van der Waals surface area contributed by atoms with Crippen molar-refractivity contribution >= 4 is 25.8 Å². The number of esters is 1. The minimum atomic E-state index is -0.756. The van der Waals surface area contributed by atoms with Crippen LogP contribution in [0.3, 0.4) is 0 Å². The Bertz CT molecular complexity index is 633. The van der Waals surface area contributed by atoms with Crippen molar-refractivity contribution in [3.05, 3.63) is 42.5 Å². The van der Waals surface area contributed by atoms with E-state index >= 15 is 0 Å². The second kappa shape index (κ2) is 11.8. The van der Waals surface area contributed by atoms with Crippen LogP contribution in [0.1, 0.15) is 19.4 Å². The van der Waals surface area contributed by atoms with Crippen LogP contribution in [0.4, 0.5) is 0 Å². The minimum Gasteiger partial charge on any atom is -0.555 e. The van der Waals surface area contributed by atoms with Crippen molar-refractivity contribution in [1.82, 2.24) is 5.32 Å². The summed E-state index contributed by atoms with van der Waals surface area (Å²) < 4.78 is 15.1. The first-order chi connectivity index (χ1) is 12.9. The average Bonchev–Trinajstić information content (AvgIpc) is 2.67. The third-order valence-electron chi connectivity index (χ3n) is 3.81. The molecule has 8 heteroatoms. The fourth-order valence-corrected chi connectivity index (χ4v) is 2.35. The van der Waals surface area contributed by atoms with Crippen molar-refractivity contribution in [2.24, 2.45) is 5.92 Å². The van der Waals surface area contributed by atoms with Crippen LogP contribution in [0.2, 0.25) is 5.82 Å². The lowest BCUT2D eigenvalue weighted by Crippen LogP contribution is -2.47. The summed E-state index contributed by atoms with van der Waals surface area (Å²) in [5.41, 5.74) is 0.880. The zero-order chi connectivity index (χ0) is 20.2. The van der Waals surface area contributed by atoms with E-state index in [4.69, 9.17) is 19.5 Å². The Kier molecular flexibility index (Phi) is 9.71. The van der Waals surface area contributed by atoms with Crippen molar-refractivity contribution in [3.63, 3.8) is 0 Å². The van der Waals surface area contributed by atoms with Gasteiger partial charge in [0.25, 0.3) is 0 Å². The van der Waals surface area contributed by atoms with Crippen LogP contribution < -0.4 is 10.1 Å². The average molecular weight is 373 g/mol. The zero-order valence-corrected chi connectivity index (χ0v) is 15.9. The summed E-state index contributed by atoms with van der Waals surface area (Å²) in [4.78, 5) is 24.5. The molecule has 2 atom stereocenters. The standard InChI is InChI=1S/C19H26BN2O5/c1-5-10-26-15-8-6-14(7-9-15)11-16(20-27-12-21)18(23)22-17(13(2)3)19(24)25-4/h5-9,12-13,16-17,21H,1,10-11H2,2-4H3,(H,22,23)/t16-,17-/m0/s1. The van der Waals surface area contributed by atoms with Crippen molar-refractivity contribution in [3.8, 4) is 5.75 Å². The van der Waals surface area contributed by atoms with E-state index in [2.05, 4.69) is 11.9 Å². The Labute approximate surface area is 160 Å². The van der Waals surface area contributed by atoms with Gasteiger partial charge < -0.3 is 19.4 Å². The lowest BCUT2D eigenvalue weighted by atomic mass is 9.75. The summed E-state index contributed by atoms with van der Waals surface area (Å²) >= 11 is 0.